The number of nitrogens with one attached hydrogen (secondary N) is 1. The van der Waals surface area contributed by atoms with E-state index in [0.29, 0.717) is 17.4 Å². The highest BCUT2D eigenvalue weighted by Gasteiger charge is 2.19. The predicted molar refractivity (Wildman–Crippen MR) is 111 cm³/mol. The number of nitrogens with zero attached hydrogens (tertiary/aromatic N) is 3. The number of fused-ring (bicyclic) bond motifs is 1. The average molecular weight is 435 g/mol. The highest BCUT2D eigenvalue weighted by molar-refractivity contribution is 9.10. The fourth-order valence-corrected chi connectivity index (χ4v) is 4.11. The maximum atomic E-state index is 12.6. The van der Waals surface area contributed by atoms with E-state index in [1.165, 1.54) is 23.7 Å². The summed E-state index contributed by atoms with van der Waals surface area (Å²) in [7, 11) is 0. The zero-order valence-corrected chi connectivity index (χ0v) is 17.5. The molecule has 7 heteroatoms. The molecule has 1 aromatic heterocycles. The molecule has 3 rings (SSSR count). The van der Waals surface area contributed by atoms with Crippen LogP contribution in [0.5, 0.6) is 0 Å². The van der Waals surface area contributed by atoms with Crippen molar-refractivity contribution in [1.82, 2.24) is 19.8 Å². The lowest BCUT2D eigenvalue weighted by molar-refractivity contribution is -0.122. The summed E-state index contributed by atoms with van der Waals surface area (Å²) in [6, 6.07) is 5.53. The third-order valence-electron chi connectivity index (χ3n) is 5.05. The molecule has 146 valence electrons. The molecule has 1 fully saturated rings. The van der Waals surface area contributed by atoms with Gasteiger partial charge >= 0.3 is 0 Å². The number of rotatable bonds is 6. The highest BCUT2D eigenvalue weighted by atomic mass is 79.9. The standard InChI is InChI=1S/C20H27BrN4O2/c1-14-4-3-8-24(11-14)12-15(2)23-19(26)7-9-25-13-22-18-6-5-16(21)10-17(18)20(25)27/h5-6,10,13-15H,3-4,7-9,11-12H2,1-2H3,(H,23,26). The van der Waals surface area contributed by atoms with Gasteiger partial charge in [0.1, 0.15) is 0 Å². The zero-order chi connectivity index (χ0) is 19.4. The Hall–Kier alpha value is -1.73. The van der Waals surface area contributed by atoms with E-state index in [0.717, 1.165) is 30.0 Å². The number of aromatic nitrogens is 2. The lowest BCUT2D eigenvalue weighted by Crippen LogP contribution is -2.45. The molecule has 2 heterocycles. The van der Waals surface area contributed by atoms with Crippen LogP contribution >= 0.6 is 15.9 Å². The van der Waals surface area contributed by atoms with Crippen LogP contribution in [0.2, 0.25) is 0 Å². The molecule has 6 nitrogen and oxygen atoms in total. The van der Waals surface area contributed by atoms with Crippen molar-refractivity contribution in [2.75, 3.05) is 19.6 Å². The topological polar surface area (TPSA) is 67.2 Å². The average Bonchev–Trinajstić information content (AvgIpc) is 2.61. The minimum Gasteiger partial charge on any atom is -0.352 e. The SMILES string of the molecule is CC1CCCN(CC(C)NC(=O)CCn2cnc3ccc(Br)cc3c2=O)C1. The van der Waals surface area contributed by atoms with E-state index in [2.05, 4.69) is 38.1 Å². The number of carbonyl (C=O) groups is 1. The van der Waals surface area contributed by atoms with Gasteiger partial charge in [0.2, 0.25) is 5.91 Å². The molecule has 1 N–H and O–H groups in total. The van der Waals surface area contributed by atoms with Gasteiger partial charge in [0.25, 0.3) is 5.56 Å². The maximum Gasteiger partial charge on any atom is 0.261 e. The lowest BCUT2D eigenvalue weighted by atomic mass is 10.00. The number of halogens is 1. The van der Waals surface area contributed by atoms with Gasteiger partial charge in [-0.05, 0) is 50.4 Å². The van der Waals surface area contributed by atoms with Crippen LogP contribution in [0.4, 0.5) is 0 Å². The number of hydrogen-bond donors (Lipinski definition) is 1. The predicted octanol–water partition coefficient (Wildman–Crippen LogP) is 2.79. The summed E-state index contributed by atoms with van der Waals surface area (Å²) in [6.07, 6.45) is 4.31. The number of piperidine rings is 1. The molecule has 0 aliphatic carbocycles. The second-order valence-corrected chi connectivity index (χ2v) is 8.55. The maximum absolute atomic E-state index is 12.6. The van der Waals surface area contributed by atoms with Crippen molar-refractivity contribution in [3.63, 3.8) is 0 Å². The summed E-state index contributed by atoms with van der Waals surface area (Å²) in [5.41, 5.74) is 0.540. The second kappa shape index (κ2) is 8.97. The second-order valence-electron chi connectivity index (χ2n) is 7.63. The molecule has 0 bridgehead atoms. The third kappa shape index (κ3) is 5.39. The minimum atomic E-state index is -0.121. The first-order valence-corrected chi connectivity index (χ1v) is 10.4. The molecule has 2 atom stereocenters. The van der Waals surface area contributed by atoms with Crippen LogP contribution in [0.3, 0.4) is 0 Å². The van der Waals surface area contributed by atoms with Crippen molar-refractivity contribution in [3.05, 3.63) is 39.4 Å². The molecule has 2 aromatic rings. The van der Waals surface area contributed by atoms with Crippen molar-refractivity contribution < 1.29 is 4.79 Å². The van der Waals surface area contributed by atoms with E-state index >= 15 is 0 Å². The molecular formula is C20H27BrN4O2. The smallest absolute Gasteiger partial charge is 0.261 e. The normalized spacial score (nSPS) is 19.1. The van der Waals surface area contributed by atoms with E-state index in [1.54, 1.807) is 12.1 Å². The Labute approximate surface area is 168 Å². The van der Waals surface area contributed by atoms with Gasteiger partial charge in [0.15, 0.2) is 0 Å². The molecule has 0 spiro atoms. The van der Waals surface area contributed by atoms with E-state index in [9.17, 15) is 9.59 Å². The fourth-order valence-electron chi connectivity index (χ4n) is 3.74. The molecule has 0 radical (unpaired) electrons. The van der Waals surface area contributed by atoms with Gasteiger partial charge in [0, 0.05) is 36.6 Å². The first-order chi connectivity index (χ1) is 12.9. The quantitative estimate of drug-likeness (QED) is 0.758. The molecule has 1 aromatic carbocycles. The van der Waals surface area contributed by atoms with Gasteiger partial charge in [-0.2, -0.15) is 0 Å². The lowest BCUT2D eigenvalue weighted by Gasteiger charge is -2.32. The van der Waals surface area contributed by atoms with Crippen LogP contribution in [0.15, 0.2) is 33.8 Å². The van der Waals surface area contributed by atoms with Crippen molar-refractivity contribution in [2.24, 2.45) is 5.92 Å². The Morgan fingerprint density at radius 3 is 3.04 bits per heavy atom. The summed E-state index contributed by atoms with van der Waals surface area (Å²) >= 11 is 3.38. The van der Waals surface area contributed by atoms with Crippen molar-refractivity contribution in [1.29, 1.82) is 0 Å². The Bertz CT molecular complexity index is 867. The summed E-state index contributed by atoms with van der Waals surface area (Å²) in [4.78, 5) is 31.6. The Kier molecular flexibility index (Phi) is 6.65. The van der Waals surface area contributed by atoms with E-state index in [4.69, 9.17) is 0 Å². The van der Waals surface area contributed by atoms with Gasteiger partial charge in [-0.25, -0.2) is 4.98 Å². The van der Waals surface area contributed by atoms with Crippen LogP contribution in [-0.4, -0.2) is 46.0 Å². The molecular weight excluding hydrogens is 408 g/mol. The van der Waals surface area contributed by atoms with Crippen LogP contribution < -0.4 is 10.9 Å². The van der Waals surface area contributed by atoms with Crippen molar-refractivity contribution >= 4 is 32.7 Å². The molecule has 1 amide bonds. The van der Waals surface area contributed by atoms with Crippen LogP contribution in [-0.2, 0) is 11.3 Å². The number of hydrogen-bond acceptors (Lipinski definition) is 4. The Morgan fingerprint density at radius 2 is 2.26 bits per heavy atom. The molecule has 1 aliphatic rings. The molecule has 2 unspecified atom stereocenters. The summed E-state index contributed by atoms with van der Waals surface area (Å²) in [5.74, 6) is 0.697. The summed E-state index contributed by atoms with van der Waals surface area (Å²) in [6.45, 7) is 7.74. The van der Waals surface area contributed by atoms with Gasteiger partial charge in [0.05, 0.1) is 17.2 Å². The van der Waals surface area contributed by atoms with Crippen molar-refractivity contribution in [3.8, 4) is 0 Å². The molecule has 1 aliphatic heterocycles. The number of carbonyl (C=O) groups excluding carboxylic acids is 1. The van der Waals surface area contributed by atoms with Gasteiger partial charge < -0.3 is 10.2 Å². The minimum absolute atomic E-state index is 0.0335. The number of amides is 1. The van der Waals surface area contributed by atoms with Gasteiger partial charge in [-0.1, -0.05) is 22.9 Å². The molecule has 1 saturated heterocycles. The summed E-state index contributed by atoms with van der Waals surface area (Å²) < 4.78 is 2.34. The van der Waals surface area contributed by atoms with Gasteiger partial charge in [-0.15, -0.1) is 0 Å². The van der Waals surface area contributed by atoms with E-state index in [1.807, 2.05) is 13.0 Å². The molecule has 27 heavy (non-hydrogen) atoms. The monoisotopic (exact) mass is 434 g/mol. The van der Waals surface area contributed by atoms with Gasteiger partial charge in [-0.3, -0.25) is 14.2 Å². The molecule has 0 saturated carbocycles. The Balaban J connectivity index is 1.53. The van der Waals surface area contributed by atoms with Crippen LogP contribution in [0, 0.1) is 5.92 Å². The zero-order valence-electron chi connectivity index (χ0n) is 15.9. The van der Waals surface area contributed by atoms with E-state index < -0.39 is 0 Å². The number of likely N-dealkylation sites (tertiary alicyclic amines) is 1. The first kappa shape index (κ1) is 20.0. The first-order valence-electron chi connectivity index (χ1n) is 9.59. The van der Waals surface area contributed by atoms with Crippen LogP contribution in [0.1, 0.15) is 33.1 Å². The summed E-state index contributed by atoms with van der Waals surface area (Å²) in [5, 5.41) is 3.61. The van der Waals surface area contributed by atoms with Crippen molar-refractivity contribution in [2.45, 2.75) is 45.7 Å². The highest BCUT2D eigenvalue weighted by Crippen LogP contribution is 2.16. The Morgan fingerprint density at radius 1 is 1.44 bits per heavy atom. The fraction of sp³-hybridized carbons (Fsp3) is 0.550. The largest absolute Gasteiger partial charge is 0.352 e. The number of benzene rings is 1. The third-order valence-corrected chi connectivity index (χ3v) is 5.54. The van der Waals surface area contributed by atoms with Crippen LogP contribution in [0.25, 0.3) is 10.9 Å². The number of aryl methyl sites for hydroxylation is 1. The van der Waals surface area contributed by atoms with E-state index in [-0.39, 0.29) is 23.9 Å².